The van der Waals surface area contributed by atoms with Gasteiger partial charge >= 0.3 is 14.0 Å². The third kappa shape index (κ3) is 4.77. The van der Waals surface area contributed by atoms with Crippen molar-refractivity contribution < 1.29 is 37.8 Å². The molecule has 0 aromatic carbocycles. The molecule has 0 radical (unpaired) electrons. The van der Waals surface area contributed by atoms with E-state index in [-0.39, 0.29) is 0 Å². The summed E-state index contributed by atoms with van der Waals surface area (Å²) < 4.78 is 22.7. The van der Waals surface area contributed by atoms with Crippen LogP contribution >= 0.6 is 0 Å². The van der Waals surface area contributed by atoms with Gasteiger partial charge in [-0.2, -0.15) is 0 Å². The monoisotopic (exact) mass is 426 g/mol. The Labute approximate surface area is 176 Å². The highest BCUT2D eigenvalue weighted by atomic mass is 16.7. The van der Waals surface area contributed by atoms with Crippen LogP contribution in [0.2, 0.25) is 0 Å². The van der Waals surface area contributed by atoms with Crippen LogP contribution in [0.5, 0.6) is 0 Å². The number of nitrogens with zero attached hydrogens (tertiary/aromatic N) is 4. The van der Waals surface area contributed by atoms with Crippen LogP contribution in [0.15, 0.2) is 0 Å². The minimum Gasteiger partial charge on any atom is -0.399 e. The van der Waals surface area contributed by atoms with E-state index in [0.717, 1.165) is 0 Å². The topological polar surface area (TPSA) is 118 Å². The molecule has 0 aromatic heterocycles. The number of carbonyl (C=O) groups is 4. The lowest BCUT2D eigenvalue weighted by molar-refractivity contribution is -0.146. The van der Waals surface area contributed by atoms with Gasteiger partial charge in [0.15, 0.2) is 24.4 Å². The summed E-state index contributed by atoms with van der Waals surface area (Å²) in [4.78, 5) is 55.2. The smallest absolute Gasteiger partial charge is 0.399 e. The third-order valence-electron chi connectivity index (χ3n) is 4.63. The first kappa shape index (κ1) is 24.1. The van der Waals surface area contributed by atoms with Crippen molar-refractivity contribution in [3.8, 4) is 0 Å². The van der Waals surface area contributed by atoms with Crippen LogP contribution in [0.3, 0.4) is 0 Å². The Morgan fingerprint density at radius 3 is 0.767 bits per heavy atom. The fourth-order valence-electron chi connectivity index (χ4n) is 2.95. The highest BCUT2D eigenvalue weighted by molar-refractivity contribution is 7.11. The minimum atomic E-state index is -1.29. The summed E-state index contributed by atoms with van der Waals surface area (Å²) in [6, 6.07) is 0. The first-order valence-corrected chi connectivity index (χ1v) is 9.33. The van der Waals surface area contributed by atoms with Gasteiger partial charge < -0.3 is 38.2 Å². The lowest BCUT2D eigenvalue weighted by Gasteiger charge is -2.22. The highest BCUT2D eigenvalue weighted by Gasteiger charge is 2.61. The average Bonchev–Trinajstić information content (AvgIpc) is 3.29. The molecular weight excluding hydrogens is 398 g/mol. The van der Waals surface area contributed by atoms with Crippen LogP contribution in [0.4, 0.5) is 0 Å². The van der Waals surface area contributed by atoms with E-state index in [9.17, 15) is 19.2 Å². The van der Waals surface area contributed by atoms with Crippen molar-refractivity contribution in [1.29, 1.82) is 0 Å². The van der Waals surface area contributed by atoms with Crippen molar-refractivity contribution in [2.45, 2.75) is 24.4 Å². The SMILES string of the molecule is CN(C)C(=O)[C@@H]1OB(B2O[C@@H](C(=O)N(C)C)[C@H](C(=O)N(C)C)O2)O[C@H]1C(=O)N(C)C. The zero-order valence-electron chi connectivity index (χ0n) is 18.5. The fraction of sp³-hybridized carbons (Fsp3) is 0.750. The second-order valence-corrected chi connectivity index (χ2v) is 7.89. The van der Waals surface area contributed by atoms with Gasteiger partial charge in [0.05, 0.1) is 0 Å². The van der Waals surface area contributed by atoms with E-state index in [2.05, 4.69) is 0 Å². The maximum atomic E-state index is 12.5. The van der Waals surface area contributed by atoms with Gasteiger partial charge in [-0.1, -0.05) is 0 Å². The summed E-state index contributed by atoms with van der Waals surface area (Å²) in [5.41, 5.74) is 0. The van der Waals surface area contributed by atoms with E-state index in [1.165, 1.54) is 76.0 Å². The Kier molecular flexibility index (Phi) is 7.50. The van der Waals surface area contributed by atoms with Crippen LogP contribution in [0.1, 0.15) is 0 Å². The van der Waals surface area contributed by atoms with Gasteiger partial charge in [0.2, 0.25) is 0 Å². The molecule has 2 saturated heterocycles. The van der Waals surface area contributed by atoms with Crippen molar-refractivity contribution >= 4 is 37.6 Å². The molecule has 2 heterocycles. The quantitative estimate of drug-likeness (QED) is 0.426. The lowest BCUT2D eigenvalue weighted by atomic mass is 9.49. The van der Waals surface area contributed by atoms with E-state index in [1.54, 1.807) is 0 Å². The molecule has 30 heavy (non-hydrogen) atoms. The highest BCUT2D eigenvalue weighted by Crippen LogP contribution is 2.28. The molecule has 4 amide bonds. The van der Waals surface area contributed by atoms with Crippen LogP contribution in [0, 0.1) is 0 Å². The van der Waals surface area contributed by atoms with E-state index in [4.69, 9.17) is 18.6 Å². The molecule has 2 fully saturated rings. The van der Waals surface area contributed by atoms with Gasteiger partial charge in [-0.05, 0) is 0 Å². The molecular formula is C16H28B2N4O8. The number of amides is 4. The van der Waals surface area contributed by atoms with E-state index >= 15 is 0 Å². The predicted octanol–water partition coefficient (Wildman–Crippen LogP) is -3.04. The molecule has 0 unspecified atom stereocenters. The number of rotatable bonds is 5. The van der Waals surface area contributed by atoms with Crippen molar-refractivity contribution in [2.24, 2.45) is 0 Å². The first-order chi connectivity index (χ1) is 13.9. The minimum absolute atomic E-state index is 0.475. The van der Waals surface area contributed by atoms with Gasteiger partial charge in [-0.3, -0.25) is 19.2 Å². The Morgan fingerprint density at radius 2 is 0.633 bits per heavy atom. The van der Waals surface area contributed by atoms with Gasteiger partial charge in [-0.25, -0.2) is 0 Å². The first-order valence-electron chi connectivity index (χ1n) is 9.33. The summed E-state index contributed by atoms with van der Waals surface area (Å²) in [6.45, 7) is 0. The molecule has 0 spiro atoms. The normalized spacial score (nSPS) is 25.9. The summed E-state index contributed by atoms with van der Waals surface area (Å²) >= 11 is 0. The molecule has 0 aliphatic carbocycles. The lowest BCUT2D eigenvalue weighted by Crippen LogP contribution is -2.47. The Bertz CT molecular complexity index is 591. The molecule has 14 heteroatoms. The van der Waals surface area contributed by atoms with Crippen LogP contribution in [0.25, 0.3) is 0 Å². The standard InChI is InChI=1S/C16H28B2N4O8/c1-19(2)13(23)9-10(14(24)20(3)4)28-17(27-9)18-29-11(15(25)21(5)6)12(30-18)16(26)22(7)8/h9-12H,1-8H3/t9-,10-,11-,12-/m1/s1. The molecule has 0 N–H and O–H groups in total. The Morgan fingerprint density at radius 1 is 0.467 bits per heavy atom. The van der Waals surface area contributed by atoms with E-state index in [1.807, 2.05) is 0 Å². The largest absolute Gasteiger partial charge is 0.489 e. The van der Waals surface area contributed by atoms with Crippen LogP contribution in [-0.2, 0) is 37.8 Å². The summed E-state index contributed by atoms with van der Waals surface area (Å²) in [7, 11) is 9.62. The molecule has 2 aliphatic heterocycles. The van der Waals surface area contributed by atoms with Crippen LogP contribution < -0.4 is 0 Å². The second-order valence-electron chi connectivity index (χ2n) is 7.89. The van der Waals surface area contributed by atoms with Gasteiger partial charge in [0, 0.05) is 56.4 Å². The zero-order valence-corrected chi connectivity index (χ0v) is 18.5. The Hall–Kier alpha value is -2.15. The van der Waals surface area contributed by atoms with Gasteiger partial charge in [0.1, 0.15) is 0 Å². The maximum absolute atomic E-state index is 12.5. The van der Waals surface area contributed by atoms with Crippen molar-refractivity contribution in [3.05, 3.63) is 0 Å². The van der Waals surface area contributed by atoms with E-state index < -0.39 is 62.1 Å². The van der Waals surface area contributed by atoms with Gasteiger partial charge in [-0.15, -0.1) is 0 Å². The Balaban J connectivity index is 2.27. The maximum Gasteiger partial charge on any atom is 0.489 e. The molecule has 12 nitrogen and oxygen atoms in total. The molecule has 2 aliphatic rings. The van der Waals surface area contributed by atoms with Gasteiger partial charge in [0.25, 0.3) is 23.6 Å². The summed E-state index contributed by atoms with van der Waals surface area (Å²) in [5.74, 6) is -1.90. The fourth-order valence-corrected chi connectivity index (χ4v) is 2.95. The summed E-state index contributed by atoms with van der Waals surface area (Å²) in [6.07, 6.45) is -4.89. The summed E-state index contributed by atoms with van der Waals surface area (Å²) in [5, 5.41) is 0. The second kappa shape index (κ2) is 9.33. The third-order valence-corrected chi connectivity index (χ3v) is 4.63. The number of likely N-dealkylation sites (N-methyl/N-ethyl adjacent to an activating group) is 4. The van der Waals surface area contributed by atoms with E-state index in [0.29, 0.717) is 0 Å². The molecule has 0 aromatic rings. The molecule has 0 saturated carbocycles. The molecule has 2 rings (SSSR count). The zero-order chi connectivity index (χ0) is 22.9. The predicted molar refractivity (Wildman–Crippen MR) is 106 cm³/mol. The average molecular weight is 426 g/mol. The molecule has 0 bridgehead atoms. The van der Waals surface area contributed by atoms with Crippen molar-refractivity contribution in [3.63, 3.8) is 0 Å². The molecule has 4 atom stereocenters. The molecule has 166 valence electrons. The number of carbonyl (C=O) groups excluding carboxylic acids is 4. The van der Waals surface area contributed by atoms with Crippen molar-refractivity contribution in [1.82, 2.24) is 19.6 Å². The number of hydrogen-bond donors (Lipinski definition) is 0. The number of hydrogen-bond acceptors (Lipinski definition) is 8. The van der Waals surface area contributed by atoms with Crippen molar-refractivity contribution in [2.75, 3.05) is 56.4 Å². The van der Waals surface area contributed by atoms with Crippen LogP contribution in [-0.4, -0.2) is 138 Å².